The predicted octanol–water partition coefficient (Wildman–Crippen LogP) is -0.171. The number of aromatic amines is 1. The summed E-state index contributed by atoms with van der Waals surface area (Å²) in [5.41, 5.74) is 5.42. The van der Waals surface area contributed by atoms with Crippen molar-refractivity contribution in [2.75, 3.05) is 0 Å². The summed E-state index contributed by atoms with van der Waals surface area (Å²) in [6.45, 7) is 1.55. The molecular weight excluding hydrogens is 180 g/mol. The van der Waals surface area contributed by atoms with Gasteiger partial charge in [0.25, 0.3) is 5.56 Å². The van der Waals surface area contributed by atoms with Gasteiger partial charge >= 0.3 is 5.97 Å². The molecule has 0 aliphatic heterocycles. The van der Waals surface area contributed by atoms with Crippen molar-refractivity contribution < 1.29 is 9.90 Å². The number of carbonyl (C=O) groups is 1. The Labute approximate surface area is 72.0 Å². The maximum atomic E-state index is 10.9. The van der Waals surface area contributed by atoms with Crippen LogP contribution in [-0.2, 0) is 4.79 Å². The van der Waals surface area contributed by atoms with Crippen molar-refractivity contribution >= 4 is 17.5 Å². The molecule has 1 aromatic heterocycles. The summed E-state index contributed by atoms with van der Waals surface area (Å²) in [6, 6.07) is -1.10. The third-order valence-corrected chi connectivity index (χ3v) is 2.58. The summed E-state index contributed by atoms with van der Waals surface area (Å²) < 4.78 is 2.42. The first-order valence-electron chi connectivity index (χ1n) is 3.20. The lowest BCUT2D eigenvalue weighted by Gasteiger charge is -2.01. The molecule has 1 aromatic rings. The average Bonchev–Trinajstić information content (AvgIpc) is 2.32. The van der Waals surface area contributed by atoms with E-state index in [1.54, 1.807) is 6.92 Å². The number of H-pyrrole nitrogens is 1. The molecule has 5 nitrogen and oxygen atoms in total. The van der Waals surface area contributed by atoms with E-state index in [0.717, 1.165) is 11.5 Å². The Morgan fingerprint density at radius 3 is 2.67 bits per heavy atom. The highest BCUT2D eigenvalue weighted by molar-refractivity contribution is 7.06. The lowest BCUT2D eigenvalue weighted by Crippen LogP contribution is -2.21. The maximum Gasteiger partial charge on any atom is 0.326 e. The van der Waals surface area contributed by atoms with Gasteiger partial charge in [-0.25, -0.2) is 0 Å². The third kappa shape index (κ3) is 1.39. The molecule has 0 aromatic carbocycles. The average molecular weight is 188 g/mol. The van der Waals surface area contributed by atoms with Crippen LogP contribution in [0.25, 0.3) is 0 Å². The topological polar surface area (TPSA) is 96.2 Å². The van der Waals surface area contributed by atoms with Crippen molar-refractivity contribution in [3.8, 4) is 0 Å². The normalized spacial score (nSPS) is 12.8. The first kappa shape index (κ1) is 8.95. The van der Waals surface area contributed by atoms with E-state index in [2.05, 4.69) is 4.37 Å². The SMILES string of the molecule is Cc1c(C(N)C(=O)O)s[nH]c1=O. The minimum Gasteiger partial charge on any atom is -0.480 e. The van der Waals surface area contributed by atoms with Gasteiger partial charge in [-0.15, -0.1) is 0 Å². The molecule has 12 heavy (non-hydrogen) atoms. The number of hydrogen-bond acceptors (Lipinski definition) is 4. The Morgan fingerprint density at radius 1 is 1.75 bits per heavy atom. The number of aromatic nitrogens is 1. The maximum absolute atomic E-state index is 10.9. The van der Waals surface area contributed by atoms with Crippen LogP contribution in [0.15, 0.2) is 4.79 Å². The third-order valence-electron chi connectivity index (χ3n) is 1.51. The smallest absolute Gasteiger partial charge is 0.326 e. The largest absolute Gasteiger partial charge is 0.480 e. The molecule has 1 atom stereocenters. The second-order valence-corrected chi connectivity index (χ2v) is 3.19. The van der Waals surface area contributed by atoms with Gasteiger partial charge in [-0.3, -0.25) is 14.0 Å². The van der Waals surface area contributed by atoms with Gasteiger partial charge in [0.1, 0.15) is 6.04 Å². The predicted molar refractivity (Wildman–Crippen MR) is 44.2 cm³/mol. The van der Waals surface area contributed by atoms with E-state index in [1.807, 2.05) is 0 Å². The number of carboxylic acid groups (broad SMARTS) is 1. The Kier molecular flexibility index (Phi) is 2.30. The zero-order valence-electron chi connectivity index (χ0n) is 6.33. The molecule has 0 bridgehead atoms. The van der Waals surface area contributed by atoms with Crippen LogP contribution in [0.4, 0.5) is 0 Å². The second-order valence-electron chi connectivity index (χ2n) is 2.34. The quantitative estimate of drug-likeness (QED) is 0.600. The van der Waals surface area contributed by atoms with E-state index in [4.69, 9.17) is 10.8 Å². The van der Waals surface area contributed by atoms with Crippen molar-refractivity contribution in [2.45, 2.75) is 13.0 Å². The summed E-state index contributed by atoms with van der Waals surface area (Å²) in [7, 11) is 0. The van der Waals surface area contributed by atoms with Crippen molar-refractivity contribution in [1.82, 2.24) is 4.37 Å². The van der Waals surface area contributed by atoms with Gasteiger partial charge in [-0.1, -0.05) is 11.5 Å². The zero-order valence-corrected chi connectivity index (χ0v) is 7.14. The number of nitrogens with one attached hydrogen (secondary N) is 1. The molecular formula is C6H8N2O3S. The highest BCUT2D eigenvalue weighted by atomic mass is 32.1. The van der Waals surface area contributed by atoms with Gasteiger partial charge in [0.05, 0.1) is 4.88 Å². The van der Waals surface area contributed by atoms with E-state index in [1.165, 1.54) is 0 Å². The lowest BCUT2D eigenvalue weighted by atomic mass is 10.2. The summed E-state index contributed by atoms with van der Waals surface area (Å²) in [5, 5.41) is 8.53. The molecule has 0 saturated carbocycles. The first-order chi connectivity index (χ1) is 5.54. The van der Waals surface area contributed by atoms with Crippen LogP contribution in [0.5, 0.6) is 0 Å². The van der Waals surface area contributed by atoms with Gasteiger partial charge in [0, 0.05) is 5.56 Å². The van der Waals surface area contributed by atoms with Crippen molar-refractivity contribution in [1.29, 1.82) is 0 Å². The van der Waals surface area contributed by atoms with E-state index >= 15 is 0 Å². The highest BCUT2D eigenvalue weighted by Gasteiger charge is 2.19. The number of nitrogens with two attached hydrogens (primary N) is 1. The van der Waals surface area contributed by atoms with Crippen LogP contribution in [0.2, 0.25) is 0 Å². The van der Waals surface area contributed by atoms with Crippen LogP contribution in [0, 0.1) is 6.92 Å². The Bertz CT molecular complexity index is 354. The Balaban J connectivity index is 3.11. The molecule has 0 spiro atoms. The molecule has 4 N–H and O–H groups in total. The molecule has 6 heteroatoms. The minimum absolute atomic E-state index is 0.272. The summed E-state index contributed by atoms with van der Waals surface area (Å²) >= 11 is 0.969. The zero-order chi connectivity index (χ0) is 9.30. The fourth-order valence-corrected chi connectivity index (χ4v) is 1.60. The standard InChI is InChI=1S/C6H8N2O3S/c1-2-4(3(7)6(10)11)12-8-5(2)9/h3H,7H2,1H3,(H,8,9)(H,10,11). The fourth-order valence-electron chi connectivity index (χ4n) is 0.775. The molecule has 0 saturated heterocycles. The van der Waals surface area contributed by atoms with Crippen LogP contribution in [0.3, 0.4) is 0 Å². The molecule has 1 unspecified atom stereocenters. The van der Waals surface area contributed by atoms with E-state index < -0.39 is 12.0 Å². The van der Waals surface area contributed by atoms with Gasteiger partial charge < -0.3 is 10.8 Å². The number of carboxylic acids is 1. The van der Waals surface area contributed by atoms with Crippen LogP contribution in [0.1, 0.15) is 16.5 Å². The molecule has 1 heterocycles. The molecule has 0 aliphatic rings. The highest BCUT2D eigenvalue weighted by Crippen LogP contribution is 2.16. The van der Waals surface area contributed by atoms with Gasteiger partial charge in [-0.2, -0.15) is 0 Å². The number of aliphatic carboxylic acids is 1. The van der Waals surface area contributed by atoms with E-state index in [9.17, 15) is 9.59 Å². The molecule has 66 valence electrons. The molecule has 1 rings (SSSR count). The van der Waals surface area contributed by atoms with Gasteiger partial charge in [0.15, 0.2) is 0 Å². The van der Waals surface area contributed by atoms with Crippen LogP contribution >= 0.6 is 11.5 Å². The van der Waals surface area contributed by atoms with Crippen molar-refractivity contribution in [3.05, 3.63) is 20.8 Å². The first-order valence-corrected chi connectivity index (χ1v) is 4.02. The Hall–Kier alpha value is -1.14. The minimum atomic E-state index is -1.13. The molecule has 0 amide bonds. The molecule has 0 aliphatic carbocycles. The molecule has 0 fully saturated rings. The number of rotatable bonds is 2. The van der Waals surface area contributed by atoms with E-state index in [0.29, 0.717) is 10.4 Å². The summed E-state index contributed by atoms with van der Waals surface area (Å²) in [4.78, 5) is 21.7. The second kappa shape index (κ2) is 3.08. The van der Waals surface area contributed by atoms with E-state index in [-0.39, 0.29) is 5.56 Å². The fraction of sp³-hybridized carbons (Fsp3) is 0.333. The Morgan fingerprint density at radius 2 is 2.33 bits per heavy atom. The monoisotopic (exact) mass is 188 g/mol. The number of hydrogen-bond donors (Lipinski definition) is 3. The summed E-state index contributed by atoms with van der Waals surface area (Å²) in [5.74, 6) is -1.13. The van der Waals surface area contributed by atoms with Gasteiger partial charge in [-0.05, 0) is 6.92 Å². The summed E-state index contributed by atoms with van der Waals surface area (Å²) in [6.07, 6.45) is 0. The van der Waals surface area contributed by atoms with Crippen molar-refractivity contribution in [2.24, 2.45) is 5.73 Å². The van der Waals surface area contributed by atoms with Crippen LogP contribution < -0.4 is 11.3 Å². The molecule has 0 radical (unpaired) electrons. The van der Waals surface area contributed by atoms with Crippen LogP contribution in [-0.4, -0.2) is 15.4 Å². The van der Waals surface area contributed by atoms with Crippen molar-refractivity contribution in [3.63, 3.8) is 0 Å². The lowest BCUT2D eigenvalue weighted by molar-refractivity contribution is -0.138. The van der Waals surface area contributed by atoms with Gasteiger partial charge in [0.2, 0.25) is 0 Å².